The number of nitrogens with one attached hydrogen (secondary N) is 2. The summed E-state index contributed by atoms with van der Waals surface area (Å²) < 4.78 is 12.6. The highest BCUT2D eigenvalue weighted by molar-refractivity contribution is 8.00. The molecule has 17 heavy (non-hydrogen) atoms. The maximum absolute atomic E-state index is 12.6. The Labute approximate surface area is 103 Å². The summed E-state index contributed by atoms with van der Waals surface area (Å²) in [6, 6.07) is 5.51. The fourth-order valence-electron chi connectivity index (χ4n) is 1.04. The Morgan fingerprint density at radius 2 is 1.76 bits per heavy atom. The molecule has 0 bridgehead atoms. The summed E-state index contributed by atoms with van der Waals surface area (Å²) in [5.41, 5.74) is 0.539. The first-order chi connectivity index (χ1) is 8.11. The summed E-state index contributed by atoms with van der Waals surface area (Å²) in [6.07, 6.45) is 0. The van der Waals surface area contributed by atoms with Crippen molar-refractivity contribution in [1.82, 2.24) is 5.32 Å². The quantitative estimate of drug-likeness (QED) is 0.833. The van der Waals surface area contributed by atoms with Crippen LogP contribution in [0.1, 0.15) is 0 Å². The lowest BCUT2D eigenvalue weighted by Crippen LogP contribution is -2.21. The molecule has 0 aliphatic rings. The predicted octanol–water partition coefficient (Wildman–Crippen LogP) is 1.24. The first-order valence-corrected chi connectivity index (χ1v) is 6.11. The van der Waals surface area contributed by atoms with Gasteiger partial charge in [0, 0.05) is 12.7 Å². The zero-order chi connectivity index (χ0) is 12.7. The molecule has 0 radical (unpaired) electrons. The van der Waals surface area contributed by atoms with Crippen LogP contribution in [0.4, 0.5) is 10.1 Å². The van der Waals surface area contributed by atoms with Crippen molar-refractivity contribution in [2.45, 2.75) is 0 Å². The highest BCUT2D eigenvalue weighted by Gasteiger charge is 2.04. The molecule has 1 rings (SSSR count). The first-order valence-electron chi connectivity index (χ1n) is 4.95. The van der Waals surface area contributed by atoms with Gasteiger partial charge in [0.2, 0.25) is 11.8 Å². The van der Waals surface area contributed by atoms with E-state index in [2.05, 4.69) is 10.6 Å². The Hall–Kier alpha value is -1.56. The molecule has 92 valence electrons. The molecular weight excluding hydrogens is 243 g/mol. The number of anilines is 1. The second-order valence-electron chi connectivity index (χ2n) is 3.22. The van der Waals surface area contributed by atoms with E-state index in [1.54, 1.807) is 7.05 Å². The normalized spacial score (nSPS) is 9.76. The lowest BCUT2D eigenvalue weighted by molar-refractivity contribution is -0.118. The molecule has 0 aromatic heterocycles. The van der Waals surface area contributed by atoms with E-state index in [0.29, 0.717) is 5.69 Å². The SMILES string of the molecule is CNC(=O)CSCC(=O)Nc1ccc(F)cc1. The van der Waals surface area contributed by atoms with Crippen molar-refractivity contribution < 1.29 is 14.0 Å². The number of amides is 2. The second kappa shape index (κ2) is 6.90. The fraction of sp³-hybridized carbons (Fsp3) is 0.273. The van der Waals surface area contributed by atoms with Crippen molar-refractivity contribution in [3.8, 4) is 0 Å². The van der Waals surface area contributed by atoms with Gasteiger partial charge in [-0.3, -0.25) is 9.59 Å². The average Bonchev–Trinajstić information content (AvgIpc) is 2.32. The predicted molar refractivity (Wildman–Crippen MR) is 66.4 cm³/mol. The zero-order valence-corrected chi connectivity index (χ0v) is 10.1. The van der Waals surface area contributed by atoms with Gasteiger partial charge >= 0.3 is 0 Å². The summed E-state index contributed by atoms with van der Waals surface area (Å²) in [5.74, 6) is -0.259. The number of hydrogen-bond donors (Lipinski definition) is 2. The Bertz CT molecular complexity index is 395. The number of carbonyl (C=O) groups is 2. The molecule has 6 heteroatoms. The summed E-state index contributed by atoms with van der Waals surface area (Å²) in [6.45, 7) is 0. The highest BCUT2D eigenvalue weighted by atomic mass is 32.2. The van der Waals surface area contributed by atoms with E-state index >= 15 is 0 Å². The van der Waals surface area contributed by atoms with Crippen molar-refractivity contribution in [2.24, 2.45) is 0 Å². The van der Waals surface area contributed by atoms with Gasteiger partial charge < -0.3 is 10.6 Å². The Morgan fingerprint density at radius 1 is 1.18 bits per heavy atom. The molecule has 0 spiro atoms. The van der Waals surface area contributed by atoms with Gasteiger partial charge in [0.05, 0.1) is 11.5 Å². The van der Waals surface area contributed by atoms with Crippen LogP contribution in [0.3, 0.4) is 0 Å². The van der Waals surface area contributed by atoms with Gasteiger partial charge in [-0.15, -0.1) is 11.8 Å². The summed E-state index contributed by atoms with van der Waals surface area (Å²) in [4.78, 5) is 22.3. The van der Waals surface area contributed by atoms with E-state index in [4.69, 9.17) is 0 Å². The number of benzene rings is 1. The number of hydrogen-bond acceptors (Lipinski definition) is 3. The zero-order valence-electron chi connectivity index (χ0n) is 9.33. The van der Waals surface area contributed by atoms with Crippen LogP contribution in [0, 0.1) is 5.82 Å². The van der Waals surface area contributed by atoms with E-state index < -0.39 is 0 Å². The molecule has 0 saturated carbocycles. The summed E-state index contributed by atoms with van der Waals surface area (Å²) in [7, 11) is 1.54. The molecule has 0 heterocycles. The third kappa shape index (κ3) is 5.35. The van der Waals surface area contributed by atoms with Gasteiger partial charge in [0.15, 0.2) is 0 Å². The van der Waals surface area contributed by atoms with E-state index in [0.717, 1.165) is 0 Å². The van der Waals surface area contributed by atoms with E-state index in [-0.39, 0.29) is 29.1 Å². The minimum atomic E-state index is -0.350. The number of halogens is 1. The van der Waals surface area contributed by atoms with Crippen LogP contribution in [0.2, 0.25) is 0 Å². The molecule has 2 N–H and O–H groups in total. The molecule has 0 fully saturated rings. The van der Waals surface area contributed by atoms with Crippen LogP contribution in [0.15, 0.2) is 24.3 Å². The van der Waals surface area contributed by atoms with Crippen molar-refractivity contribution >= 4 is 29.3 Å². The third-order valence-electron chi connectivity index (χ3n) is 1.87. The summed E-state index contributed by atoms with van der Waals surface area (Å²) in [5, 5.41) is 5.06. The van der Waals surface area contributed by atoms with Gasteiger partial charge in [0.25, 0.3) is 0 Å². The topological polar surface area (TPSA) is 58.2 Å². The fourth-order valence-corrected chi connectivity index (χ4v) is 1.73. The molecule has 2 amide bonds. The minimum Gasteiger partial charge on any atom is -0.358 e. The number of rotatable bonds is 5. The van der Waals surface area contributed by atoms with E-state index in [1.165, 1.54) is 36.0 Å². The molecule has 1 aromatic carbocycles. The van der Waals surface area contributed by atoms with Crippen molar-refractivity contribution in [1.29, 1.82) is 0 Å². The first kappa shape index (κ1) is 13.5. The van der Waals surface area contributed by atoms with Crippen LogP contribution in [-0.2, 0) is 9.59 Å². The van der Waals surface area contributed by atoms with Crippen LogP contribution in [-0.4, -0.2) is 30.4 Å². The largest absolute Gasteiger partial charge is 0.358 e. The van der Waals surface area contributed by atoms with Crippen molar-refractivity contribution in [3.05, 3.63) is 30.1 Å². The van der Waals surface area contributed by atoms with Crippen LogP contribution >= 0.6 is 11.8 Å². The van der Waals surface area contributed by atoms with Gasteiger partial charge in [-0.2, -0.15) is 0 Å². The molecule has 1 aromatic rings. The molecule has 0 saturated heterocycles. The highest BCUT2D eigenvalue weighted by Crippen LogP contribution is 2.09. The van der Waals surface area contributed by atoms with Gasteiger partial charge in [-0.25, -0.2) is 4.39 Å². The smallest absolute Gasteiger partial charge is 0.234 e. The molecule has 4 nitrogen and oxygen atoms in total. The minimum absolute atomic E-state index is 0.121. The molecule has 0 aliphatic heterocycles. The maximum Gasteiger partial charge on any atom is 0.234 e. The van der Waals surface area contributed by atoms with E-state index in [1.807, 2.05) is 0 Å². The lowest BCUT2D eigenvalue weighted by atomic mass is 10.3. The van der Waals surface area contributed by atoms with Gasteiger partial charge in [0.1, 0.15) is 5.82 Å². The Morgan fingerprint density at radius 3 is 2.35 bits per heavy atom. The molecule has 0 unspecified atom stereocenters. The lowest BCUT2D eigenvalue weighted by Gasteiger charge is -2.04. The van der Waals surface area contributed by atoms with E-state index in [9.17, 15) is 14.0 Å². The average molecular weight is 256 g/mol. The molecule has 0 atom stereocenters. The number of carbonyl (C=O) groups excluding carboxylic acids is 2. The van der Waals surface area contributed by atoms with Crippen LogP contribution < -0.4 is 10.6 Å². The maximum atomic E-state index is 12.6. The molecular formula is C11H13FN2O2S. The van der Waals surface area contributed by atoms with Gasteiger partial charge in [-0.1, -0.05) is 0 Å². The van der Waals surface area contributed by atoms with Gasteiger partial charge in [-0.05, 0) is 24.3 Å². The Balaban J connectivity index is 2.30. The monoisotopic (exact) mass is 256 g/mol. The van der Waals surface area contributed by atoms with Crippen LogP contribution in [0.5, 0.6) is 0 Å². The van der Waals surface area contributed by atoms with Crippen LogP contribution in [0.25, 0.3) is 0 Å². The van der Waals surface area contributed by atoms with Crippen molar-refractivity contribution in [3.63, 3.8) is 0 Å². The second-order valence-corrected chi connectivity index (χ2v) is 4.21. The molecule has 0 aliphatic carbocycles. The standard InChI is InChI=1S/C11H13FN2O2S/c1-13-10(15)6-17-7-11(16)14-9-4-2-8(12)3-5-9/h2-5H,6-7H2,1H3,(H,13,15)(H,14,16). The number of thioether (sulfide) groups is 1. The van der Waals surface area contributed by atoms with Crippen molar-refractivity contribution in [2.75, 3.05) is 23.9 Å². The third-order valence-corrected chi connectivity index (χ3v) is 2.81. The Kier molecular flexibility index (Phi) is 5.48. The summed E-state index contributed by atoms with van der Waals surface area (Å²) >= 11 is 1.22.